The molecule has 0 aliphatic carbocycles. The lowest BCUT2D eigenvalue weighted by Gasteiger charge is -2.39. The molecular weight excluding hydrogens is 262 g/mol. The van der Waals surface area contributed by atoms with Gasteiger partial charge in [0, 0.05) is 18.9 Å². The van der Waals surface area contributed by atoms with Crippen molar-refractivity contribution in [1.82, 2.24) is 9.97 Å². The quantitative estimate of drug-likeness (QED) is 0.844. The van der Waals surface area contributed by atoms with Crippen LogP contribution in [-0.4, -0.2) is 41.4 Å². The van der Waals surface area contributed by atoms with Gasteiger partial charge >= 0.3 is 0 Å². The number of aliphatic hydroxyl groups excluding tert-OH is 1. The predicted octanol–water partition coefficient (Wildman–Crippen LogP) is 0.660. The Bertz CT molecular complexity index is 321. The van der Waals surface area contributed by atoms with Crippen LogP contribution in [0.15, 0.2) is 16.9 Å². The normalized spacial score (nSPS) is 18.3. The van der Waals surface area contributed by atoms with Gasteiger partial charge in [-0.15, -0.1) is 0 Å². The van der Waals surface area contributed by atoms with E-state index in [0.717, 1.165) is 4.47 Å². The highest BCUT2D eigenvalue weighted by molar-refractivity contribution is 9.10. The number of aliphatic hydroxyl groups is 1. The molecular formula is C9H12BrN3O2. The summed E-state index contributed by atoms with van der Waals surface area (Å²) in [7, 11) is 0. The molecule has 1 aromatic rings. The number of hydrogen-bond acceptors (Lipinski definition) is 5. The van der Waals surface area contributed by atoms with Gasteiger partial charge in [-0.05, 0) is 15.9 Å². The van der Waals surface area contributed by atoms with Gasteiger partial charge in [-0.2, -0.15) is 0 Å². The van der Waals surface area contributed by atoms with Gasteiger partial charge in [0.2, 0.25) is 5.95 Å². The second-order valence-corrected chi connectivity index (χ2v) is 4.65. The summed E-state index contributed by atoms with van der Waals surface area (Å²) >= 11 is 3.26. The summed E-state index contributed by atoms with van der Waals surface area (Å²) in [4.78, 5) is 8.16. The van der Waals surface area contributed by atoms with Crippen LogP contribution in [-0.2, 0) is 4.74 Å². The molecule has 1 saturated heterocycles. The second kappa shape index (κ2) is 4.42. The Morgan fingerprint density at radius 2 is 2.13 bits per heavy atom. The van der Waals surface area contributed by atoms with E-state index in [9.17, 15) is 5.11 Å². The molecule has 2 heterocycles. The zero-order valence-corrected chi connectivity index (χ0v) is 9.70. The van der Waals surface area contributed by atoms with E-state index < -0.39 is 0 Å². The molecule has 1 aromatic heterocycles. The van der Waals surface area contributed by atoms with Crippen LogP contribution in [0.25, 0.3) is 0 Å². The Balaban J connectivity index is 1.90. The van der Waals surface area contributed by atoms with Crippen molar-refractivity contribution in [1.29, 1.82) is 0 Å². The largest absolute Gasteiger partial charge is 0.396 e. The Labute approximate surface area is 96.0 Å². The zero-order valence-electron chi connectivity index (χ0n) is 8.11. The molecule has 1 aliphatic heterocycles. The van der Waals surface area contributed by atoms with Gasteiger partial charge in [0.05, 0.1) is 29.7 Å². The fraction of sp³-hybridized carbons (Fsp3) is 0.556. The highest BCUT2D eigenvalue weighted by atomic mass is 79.9. The van der Waals surface area contributed by atoms with Crippen LogP contribution >= 0.6 is 15.9 Å². The predicted molar refractivity (Wildman–Crippen MR) is 58.6 cm³/mol. The Kier molecular flexibility index (Phi) is 3.18. The number of rotatable bonds is 4. The molecule has 2 N–H and O–H groups in total. The summed E-state index contributed by atoms with van der Waals surface area (Å²) in [5, 5.41) is 12.3. The molecule has 5 nitrogen and oxygen atoms in total. The number of anilines is 1. The summed E-state index contributed by atoms with van der Waals surface area (Å²) in [6.07, 6.45) is 3.36. The number of nitrogens with zero attached hydrogens (tertiary/aromatic N) is 2. The van der Waals surface area contributed by atoms with E-state index in [-0.39, 0.29) is 12.0 Å². The Morgan fingerprint density at radius 1 is 1.47 bits per heavy atom. The Hall–Kier alpha value is -0.720. The number of hydrogen-bond donors (Lipinski definition) is 2. The minimum Gasteiger partial charge on any atom is -0.396 e. The minimum absolute atomic E-state index is 0.122. The molecule has 0 bridgehead atoms. The maximum atomic E-state index is 9.19. The molecule has 1 aliphatic rings. The summed E-state index contributed by atoms with van der Waals surface area (Å²) in [5.41, 5.74) is -0.156. The van der Waals surface area contributed by atoms with Crippen molar-refractivity contribution in [2.24, 2.45) is 5.41 Å². The van der Waals surface area contributed by atoms with Crippen LogP contribution in [0.5, 0.6) is 0 Å². The van der Waals surface area contributed by atoms with Crippen molar-refractivity contribution < 1.29 is 9.84 Å². The smallest absolute Gasteiger partial charge is 0.222 e. The minimum atomic E-state index is -0.156. The van der Waals surface area contributed by atoms with Gasteiger partial charge in [-0.3, -0.25) is 0 Å². The summed E-state index contributed by atoms with van der Waals surface area (Å²) in [6, 6.07) is 0. The molecule has 0 atom stereocenters. The fourth-order valence-electron chi connectivity index (χ4n) is 1.31. The van der Waals surface area contributed by atoms with Crippen molar-refractivity contribution in [3.05, 3.63) is 16.9 Å². The molecule has 0 aromatic carbocycles. The van der Waals surface area contributed by atoms with Gasteiger partial charge in [0.1, 0.15) is 0 Å². The highest BCUT2D eigenvalue weighted by Gasteiger charge is 2.37. The van der Waals surface area contributed by atoms with Gasteiger partial charge < -0.3 is 15.2 Å². The first-order valence-electron chi connectivity index (χ1n) is 4.64. The molecule has 15 heavy (non-hydrogen) atoms. The lowest BCUT2D eigenvalue weighted by Crippen LogP contribution is -2.50. The zero-order chi connectivity index (χ0) is 10.7. The average Bonchev–Trinajstić information content (AvgIpc) is 2.20. The Morgan fingerprint density at radius 3 is 2.60 bits per heavy atom. The number of ether oxygens (including phenoxy) is 1. The van der Waals surface area contributed by atoms with Gasteiger partial charge in [-0.25, -0.2) is 9.97 Å². The highest BCUT2D eigenvalue weighted by Crippen LogP contribution is 2.26. The molecule has 1 fully saturated rings. The van der Waals surface area contributed by atoms with Gasteiger partial charge in [0.25, 0.3) is 0 Å². The first kappa shape index (κ1) is 10.8. The molecule has 2 rings (SSSR count). The van der Waals surface area contributed by atoms with E-state index in [0.29, 0.717) is 25.7 Å². The number of aromatic nitrogens is 2. The SMILES string of the molecule is OCC1(CNc2ncc(Br)cn2)COC1. The third-order valence-corrected chi connectivity index (χ3v) is 2.80. The lowest BCUT2D eigenvalue weighted by molar-refractivity contribution is -0.128. The average molecular weight is 274 g/mol. The van der Waals surface area contributed by atoms with E-state index in [2.05, 4.69) is 31.2 Å². The third-order valence-electron chi connectivity index (χ3n) is 2.39. The first-order chi connectivity index (χ1) is 7.24. The molecule has 0 radical (unpaired) electrons. The van der Waals surface area contributed by atoms with Crippen LogP contribution in [0, 0.1) is 5.41 Å². The van der Waals surface area contributed by atoms with Crippen molar-refractivity contribution >= 4 is 21.9 Å². The number of nitrogens with one attached hydrogen (secondary N) is 1. The van der Waals surface area contributed by atoms with Gasteiger partial charge in [0.15, 0.2) is 0 Å². The standard InChI is InChI=1S/C9H12BrN3O2/c10-7-1-11-8(12-2-7)13-3-9(4-14)5-15-6-9/h1-2,14H,3-6H2,(H,11,12,13). The van der Waals surface area contributed by atoms with Crippen molar-refractivity contribution in [3.63, 3.8) is 0 Å². The van der Waals surface area contributed by atoms with E-state index in [1.165, 1.54) is 0 Å². The molecule has 0 spiro atoms. The second-order valence-electron chi connectivity index (χ2n) is 3.73. The van der Waals surface area contributed by atoms with Crippen LogP contribution in [0.1, 0.15) is 0 Å². The van der Waals surface area contributed by atoms with Crippen LogP contribution in [0.2, 0.25) is 0 Å². The third kappa shape index (κ3) is 2.45. The van der Waals surface area contributed by atoms with Crippen LogP contribution < -0.4 is 5.32 Å². The van der Waals surface area contributed by atoms with E-state index in [4.69, 9.17) is 4.74 Å². The van der Waals surface area contributed by atoms with Gasteiger partial charge in [-0.1, -0.05) is 0 Å². The van der Waals surface area contributed by atoms with Crippen molar-refractivity contribution in [2.75, 3.05) is 31.7 Å². The molecule has 6 heteroatoms. The lowest BCUT2D eigenvalue weighted by atomic mass is 9.87. The first-order valence-corrected chi connectivity index (χ1v) is 5.43. The maximum absolute atomic E-state index is 9.19. The topological polar surface area (TPSA) is 67.3 Å². The molecule has 82 valence electrons. The maximum Gasteiger partial charge on any atom is 0.222 e. The summed E-state index contributed by atoms with van der Waals surface area (Å²) in [5.74, 6) is 0.568. The summed E-state index contributed by atoms with van der Waals surface area (Å²) in [6.45, 7) is 1.93. The van der Waals surface area contributed by atoms with Crippen molar-refractivity contribution in [3.8, 4) is 0 Å². The van der Waals surface area contributed by atoms with Crippen molar-refractivity contribution in [2.45, 2.75) is 0 Å². The molecule has 0 amide bonds. The van der Waals surface area contributed by atoms with E-state index in [1.807, 2.05) is 0 Å². The summed E-state index contributed by atoms with van der Waals surface area (Å²) < 4.78 is 5.93. The molecule has 0 saturated carbocycles. The van der Waals surface area contributed by atoms with E-state index >= 15 is 0 Å². The monoisotopic (exact) mass is 273 g/mol. The van der Waals surface area contributed by atoms with Crippen LogP contribution in [0.4, 0.5) is 5.95 Å². The number of halogens is 1. The van der Waals surface area contributed by atoms with E-state index in [1.54, 1.807) is 12.4 Å². The van der Waals surface area contributed by atoms with Crippen LogP contribution in [0.3, 0.4) is 0 Å². The molecule has 0 unspecified atom stereocenters. The fourth-order valence-corrected chi connectivity index (χ4v) is 1.51.